The molecule has 0 saturated carbocycles. The van der Waals surface area contributed by atoms with Gasteiger partial charge in [-0.25, -0.2) is 4.68 Å². The summed E-state index contributed by atoms with van der Waals surface area (Å²) < 4.78 is 1.81. The van der Waals surface area contributed by atoms with Crippen molar-refractivity contribution in [1.29, 1.82) is 0 Å². The number of nitrogens with zero attached hydrogens (tertiary/aromatic N) is 4. The normalized spacial score (nSPS) is 10.9. The number of rotatable bonds is 5. The molecule has 3 heterocycles. The van der Waals surface area contributed by atoms with E-state index in [0.717, 1.165) is 22.5 Å². The zero-order valence-corrected chi connectivity index (χ0v) is 18.3. The number of carbonyl (C=O) groups is 1. The average molecular weight is 464 g/mol. The molecule has 3 aromatic heterocycles. The molecule has 9 heteroatoms. The number of aromatic nitrogens is 4. The van der Waals surface area contributed by atoms with E-state index in [2.05, 4.69) is 15.5 Å². The van der Waals surface area contributed by atoms with Crippen LogP contribution in [0.2, 0.25) is 5.02 Å². The Morgan fingerprint density at radius 1 is 0.968 bits per heavy atom. The molecule has 0 spiro atoms. The fraction of sp³-hybridized carbons (Fsp3) is 0. The van der Waals surface area contributed by atoms with Crippen LogP contribution in [-0.4, -0.2) is 25.9 Å². The van der Waals surface area contributed by atoms with E-state index in [0.29, 0.717) is 20.0 Å². The van der Waals surface area contributed by atoms with Crippen molar-refractivity contribution in [2.24, 2.45) is 0 Å². The summed E-state index contributed by atoms with van der Waals surface area (Å²) in [6.07, 6.45) is 1.92. The molecule has 6 nitrogen and oxygen atoms in total. The zero-order valence-electron chi connectivity index (χ0n) is 15.9. The van der Waals surface area contributed by atoms with Gasteiger partial charge in [0, 0.05) is 16.8 Å². The Labute approximate surface area is 190 Å². The van der Waals surface area contributed by atoms with Gasteiger partial charge in [-0.2, -0.15) is 5.10 Å². The molecule has 0 atom stereocenters. The highest BCUT2D eigenvalue weighted by Gasteiger charge is 2.19. The van der Waals surface area contributed by atoms with Crippen molar-refractivity contribution < 1.29 is 4.79 Å². The lowest BCUT2D eigenvalue weighted by atomic mass is 10.1. The summed E-state index contributed by atoms with van der Waals surface area (Å²) in [4.78, 5) is 13.0. The molecule has 0 aliphatic carbocycles. The third kappa shape index (κ3) is 4.13. The fourth-order valence-electron chi connectivity index (χ4n) is 3.01. The molecule has 0 unspecified atom stereocenters. The van der Waals surface area contributed by atoms with Crippen LogP contribution in [0.15, 0.2) is 78.3 Å². The smallest absolute Gasteiger partial charge is 0.267 e. The third-order valence-electron chi connectivity index (χ3n) is 4.47. The van der Waals surface area contributed by atoms with E-state index in [-0.39, 0.29) is 5.91 Å². The van der Waals surface area contributed by atoms with Crippen LogP contribution >= 0.6 is 34.3 Å². The van der Waals surface area contributed by atoms with Crippen LogP contribution in [0, 0.1) is 0 Å². The zero-order chi connectivity index (χ0) is 21.2. The van der Waals surface area contributed by atoms with Crippen molar-refractivity contribution >= 4 is 45.3 Å². The molecule has 1 N–H and O–H groups in total. The number of anilines is 1. The number of hydrogen-bond donors (Lipinski definition) is 1. The van der Waals surface area contributed by atoms with E-state index in [1.807, 2.05) is 76.9 Å². The molecule has 0 aliphatic heterocycles. The van der Waals surface area contributed by atoms with Gasteiger partial charge in [0.1, 0.15) is 5.69 Å². The molecule has 0 radical (unpaired) electrons. The van der Waals surface area contributed by atoms with E-state index < -0.39 is 0 Å². The van der Waals surface area contributed by atoms with Crippen molar-refractivity contribution in [3.8, 4) is 27.5 Å². The Hall–Kier alpha value is -3.33. The standard InChI is InChI=1S/C22H14ClN5OS2/c23-15-10-8-14(9-11-15)19-17(13-28(27-19)16-5-2-1-3-6-16)21-25-26-22(31-21)24-20(29)18-7-4-12-30-18/h1-13H,(H,24,26,29). The molecule has 0 aliphatic rings. The van der Waals surface area contributed by atoms with Crippen LogP contribution in [0.4, 0.5) is 5.13 Å². The third-order valence-corrected chi connectivity index (χ3v) is 6.47. The molecule has 31 heavy (non-hydrogen) atoms. The Morgan fingerprint density at radius 3 is 2.52 bits per heavy atom. The first-order valence-electron chi connectivity index (χ1n) is 9.27. The lowest BCUT2D eigenvalue weighted by Gasteiger charge is -2.01. The number of nitrogens with one attached hydrogen (secondary N) is 1. The van der Waals surface area contributed by atoms with Gasteiger partial charge in [-0.3, -0.25) is 10.1 Å². The van der Waals surface area contributed by atoms with E-state index in [1.165, 1.54) is 22.7 Å². The highest BCUT2D eigenvalue weighted by molar-refractivity contribution is 7.18. The molecule has 5 rings (SSSR count). The first kappa shape index (κ1) is 19.6. The molecule has 1 amide bonds. The predicted molar refractivity (Wildman–Crippen MR) is 125 cm³/mol. The number of halogens is 1. The summed E-state index contributed by atoms with van der Waals surface area (Å²) in [6.45, 7) is 0. The molecule has 0 bridgehead atoms. The number of para-hydroxylation sites is 1. The van der Waals surface area contributed by atoms with Crippen molar-refractivity contribution in [2.75, 3.05) is 5.32 Å². The predicted octanol–water partition coefficient (Wildman–Crippen LogP) is 6.03. The van der Waals surface area contributed by atoms with E-state index in [4.69, 9.17) is 16.7 Å². The molecule has 0 fully saturated rings. The van der Waals surface area contributed by atoms with Crippen LogP contribution in [0.25, 0.3) is 27.5 Å². The summed E-state index contributed by atoms with van der Waals surface area (Å²) in [5.74, 6) is -0.199. The van der Waals surface area contributed by atoms with Crippen molar-refractivity contribution in [1.82, 2.24) is 20.0 Å². The van der Waals surface area contributed by atoms with Crippen LogP contribution < -0.4 is 5.32 Å². The molecule has 152 valence electrons. The van der Waals surface area contributed by atoms with E-state index in [1.54, 1.807) is 6.07 Å². The van der Waals surface area contributed by atoms with Crippen LogP contribution in [-0.2, 0) is 0 Å². The minimum atomic E-state index is -0.199. The molecular formula is C22H14ClN5OS2. The number of carbonyl (C=O) groups excluding carboxylic acids is 1. The Bertz CT molecular complexity index is 1330. The number of hydrogen-bond acceptors (Lipinski definition) is 6. The SMILES string of the molecule is O=C(Nc1nnc(-c2cn(-c3ccccc3)nc2-c2ccc(Cl)cc2)s1)c1cccs1. The van der Waals surface area contributed by atoms with E-state index >= 15 is 0 Å². The average Bonchev–Trinajstić information content (AvgIpc) is 3.55. The van der Waals surface area contributed by atoms with Crippen molar-refractivity contribution in [3.05, 3.63) is 88.2 Å². The fourth-order valence-corrected chi connectivity index (χ4v) is 4.51. The number of benzene rings is 2. The maximum atomic E-state index is 12.3. The highest BCUT2D eigenvalue weighted by Crippen LogP contribution is 2.35. The molecular weight excluding hydrogens is 450 g/mol. The quantitative estimate of drug-likeness (QED) is 0.345. The molecule has 0 saturated heterocycles. The summed E-state index contributed by atoms with van der Waals surface area (Å²) in [6, 6.07) is 20.9. The van der Waals surface area contributed by atoms with Gasteiger partial charge in [0.15, 0.2) is 5.01 Å². The van der Waals surface area contributed by atoms with Crippen molar-refractivity contribution in [2.45, 2.75) is 0 Å². The molecule has 5 aromatic rings. The van der Waals surface area contributed by atoms with Gasteiger partial charge in [-0.05, 0) is 35.7 Å². The topological polar surface area (TPSA) is 72.7 Å². The van der Waals surface area contributed by atoms with Crippen molar-refractivity contribution in [3.63, 3.8) is 0 Å². The first-order chi connectivity index (χ1) is 15.2. The number of amides is 1. The van der Waals surface area contributed by atoms with Crippen LogP contribution in [0.3, 0.4) is 0 Å². The Morgan fingerprint density at radius 2 is 1.77 bits per heavy atom. The van der Waals surface area contributed by atoms with E-state index in [9.17, 15) is 4.79 Å². The summed E-state index contributed by atoms with van der Waals surface area (Å²) in [7, 11) is 0. The van der Waals surface area contributed by atoms with Gasteiger partial charge in [0.05, 0.1) is 16.1 Å². The highest BCUT2D eigenvalue weighted by atomic mass is 35.5. The summed E-state index contributed by atoms with van der Waals surface area (Å²) in [5.41, 5.74) is 3.42. The first-order valence-corrected chi connectivity index (χ1v) is 11.3. The lowest BCUT2D eigenvalue weighted by molar-refractivity contribution is 0.103. The van der Waals surface area contributed by atoms with Gasteiger partial charge in [-0.1, -0.05) is 59.3 Å². The van der Waals surface area contributed by atoms with Crippen LogP contribution in [0.5, 0.6) is 0 Å². The maximum absolute atomic E-state index is 12.3. The second-order valence-electron chi connectivity index (χ2n) is 6.52. The summed E-state index contributed by atoms with van der Waals surface area (Å²) >= 11 is 8.74. The van der Waals surface area contributed by atoms with Gasteiger partial charge in [0.25, 0.3) is 5.91 Å². The molecule has 2 aromatic carbocycles. The van der Waals surface area contributed by atoms with Gasteiger partial charge in [-0.15, -0.1) is 21.5 Å². The Kier molecular flexibility index (Phi) is 5.33. The second-order valence-corrected chi connectivity index (χ2v) is 8.88. The van der Waals surface area contributed by atoms with Crippen LogP contribution in [0.1, 0.15) is 9.67 Å². The minimum Gasteiger partial charge on any atom is -0.296 e. The minimum absolute atomic E-state index is 0.199. The largest absolute Gasteiger partial charge is 0.296 e. The number of thiophene rings is 1. The second kappa shape index (κ2) is 8.43. The summed E-state index contributed by atoms with van der Waals surface area (Å²) in [5, 5.41) is 19.7. The monoisotopic (exact) mass is 463 g/mol. The maximum Gasteiger partial charge on any atom is 0.267 e. The van der Waals surface area contributed by atoms with Gasteiger partial charge in [0.2, 0.25) is 5.13 Å². The van der Waals surface area contributed by atoms with Gasteiger partial charge < -0.3 is 0 Å². The lowest BCUT2D eigenvalue weighted by Crippen LogP contribution is -2.09. The van der Waals surface area contributed by atoms with Gasteiger partial charge >= 0.3 is 0 Å². The Balaban J connectivity index is 1.53.